The SMILES string of the molecule is Cc1cc(-c2cnn(C)c2)cc([C@H]2CN(CC(=O)Nc3ccc(F)cc3)CCO2)n1. The second kappa shape index (κ2) is 8.73. The molecule has 2 aromatic heterocycles. The molecule has 0 spiro atoms. The molecule has 4 rings (SSSR count). The van der Waals surface area contributed by atoms with Crippen LogP contribution in [0.5, 0.6) is 0 Å². The van der Waals surface area contributed by atoms with Gasteiger partial charge in [0.05, 0.1) is 25.0 Å². The largest absolute Gasteiger partial charge is 0.369 e. The number of benzene rings is 1. The van der Waals surface area contributed by atoms with Crippen molar-refractivity contribution in [2.45, 2.75) is 13.0 Å². The highest BCUT2D eigenvalue weighted by Crippen LogP contribution is 2.26. The number of nitrogens with zero attached hydrogens (tertiary/aromatic N) is 4. The number of nitrogens with one attached hydrogen (secondary N) is 1. The molecular weight excluding hydrogens is 385 g/mol. The van der Waals surface area contributed by atoms with Crippen LogP contribution in [-0.2, 0) is 16.6 Å². The molecule has 1 aliphatic rings. The molecule has 0 unspecified atom stereocenters. The van der Waals surface area contributed by atoms with E-state index in [0.29, 0.717) is 25.4 Å². The van der Waals surface area contributed by atoms with Crippen LogP contribution in [0.3, 0.4) is 0 Å². The number of pyridine rings is 1. The quantitative estimate of drug-likeness (QED) is 0.702. The molecule has 30 heavy (non-hydrogen) atoms. The molecule has 0 aliphatic carbocycles. The molecule has 1 N–H and O–H groups in total. The number of aryl methyl sites for hydroxylation is 2. The monoisotopic (exact) mass is 409 g/mol. The van der Waals surface area contributed by atoms with Gasteiger partial charge < -0.3 is 10.1 Å². The highest BCUT2D eigenvalue weighted by atomic mass is 19.1. The lowest BCUT2D eigenvalue weighted by molar-refractivity contribution is -0.119. The number of aromatic nitrogens is 3. The van der Waals surface area contributed by atoms with Crippen LogP contribution in [0, 0.1) is 12.7 Å². The third-order valence-corrected chi connectivity index (χ3v) is 4.99. The van der Waals surface area contributed by atoms with Gasteiger partial charge in [0.25, 0.3) is 0 Å². The summed E-state index contributed by atoms with van der Waals surface area (Å²) in [6.45, 7) is 3.94. The predicted octanol–water partition coefficient (Wildman–Crippen LogP) is 2.94. The van der Waals surface area contributed by atoms with E-state index in [-0.39, 0.29) is 24.4 Å². The van der Waals surface area contributed by atoms with Crippen molar-refractivity contribution in [1.82, 2.24) is 19.7 Å². The van der Waals surface area contributed by atoms with Crippen molar-refractivity contribution in [3.63, 3.8) is 0 Å². The van der Waals surface area contributed by atoms with Crippen LogP contribution < -0.4 is 5.32 Å². The van der Waals surface area contributed by atoms with Gasteiger partial charge in [-0.15, -0.1) is 0 Å². The van der Waals surface area contributed by atoms with Crippen molar-refractivity contribution in [3.05, 3.63) is 66.0 Å². The van der Waals surface area contributed by atoms with E-state index in [9.17, 15) is 9.18 Å². The van der Waals surface area contributed by atoms with Gasteiger partial charge in [0.2, 0.25) is 5.91 Å². The molecule has 0 saturated carbocycles. The van der Waals surface area contributed by atoms with Crippen LogP contribution in [0.1, 0.15) is 17.5 Å². The molecule has 0 radical (unpaired) electrons. The normalized spacial score (nSPS) is 17.1. The Bertz CT molecular complexity index is 1030. The minimum absolute atomic E-state index is 0.143. The van der Waals surface area contributed by atoms with Gasteiger partial charge in [-0.3, -0.25) is 19.4 Å². The molecule has 0 bridgehead atoms. The average Bonchev–Trinajstić information content (AvgIpc) is 3.16. The maximum Gasteiger partial charge on any atom is 0.238 e. The molecular formula is C22H24FN5O2. The zero-order valence-corrected chi connectivity index (χ0v) is 17.0. The van der Waals surface area contributed by atoms with Gasteiger partial charge in [-0.1, -0.05) is 0 Å². The van der Waals surface area contributed by atoms with E-state index < -0.39 is 0 Å². The summed E-state index contributed by atoms with van der Waals surface area (Å²) in [7, 11) is 1.89. The van der Waals surface area contributed by atoms with Crippen molar-refractivity contribution in [1.29, 1.82) is 0 Å². The smallest absolute Gasteiger partial charge is 0.238 e. The third kappa shape index (κ3) is 4.90. The summed E-state index contributed by atoms with van der Waals surface area (Å²) >= 11 is 0. The summed E-state index contributed by atoms with van der Waals surface area (Å²) in [5.41, 5.74) is 4.39. The van der Waals surface area contributed by atoms with Gasteiger partial charge in [0, 0.05) is 43.3 Å². The summed E-state index contributed by atoms with van der Waals surface area (Å²) in [5.74, 6) is -0.476. The third-order valence-electron chi connectivity index (χ3n) is 4.99. The van der Waals surface area contributed by atoms with Gasteiger partial charge in [-0.05, 0) is 48.9 Å². The molecule has 1 aliphatic heterocycles. The van der Waals surface area contributed by atoms with Crippen molar-refractivity contribution in [3.8, 4) is 11.1 Å². The second-order valence-electron chi connectivity index (χ2n) is 7.47. The summed E-state index contributed by atoms with van der Waals surface area (Å²) in [4.78, 5) is 19.1. The summed E-state index contributed by atoms with van der Waals surface area (Å²) in [5, 5.41) is 7.04. The topological polar surface area (TPSA) is 72.3 Å². The Morgan fingerprint density at radius 1 is 1.27 bits per heavy atom. The lowest BCUT2D eigenvalue weighted by Gasteiger charge is -2.32. The molecule has 3 heterocycles. The zero-order chi connectivity index (χ0) is 21.1. The fourth-order valence-electron chi connectivity index (χ4n) is 3.56. The Kier molecular flexibility index (Phi) is 5.87. The molecule has 1 aromatic carbocycles. The van der Waals surface area contributed by atoms with Crippen molar-refractivity contribution < 1.29 is 13.9 Å². The maximum absolute atomic E-state index is 13.0. The van der Waals surface area contributed by atoms with E-state index in [1.807, 2.05) is 43.4 Å². The summed E-state index contributed by atoms with van der Waals surface area (Å²) in [6, 6.07) is 9.79. The Morgan fingerprint density at radius 2 is 2.07 bits per heavy atom. The van der Waals surface area contributed by atoms with E-state index in [1.165, 1.54) is 12.1 Å². The van der Waals surface area contributed by atoms with Gasteiger partial charge in [0.1, 0.15) is 11.9 Å². The molecule has 7 nitrogen and oxygen atoms in total. The van der Waals surface area contributed by atoms with Crippen LogP contribution in [-0.4, -0.2) is 51.8 Å². The van der Waals surface area contributed by atoms with E-state index in [1.54, 1.807) is 16.8 Å². The van der Waals surface area contributed by atoms with E-state index in [4.69, 9.17) is 4.74 Å². The number of rotatable bonds is 5. The molecule has 1 saturated heterocycles. The molecule has 3 aromatic rings. The average molecular weight is 409 g/mol. The fraction of sp³-hybridized carbons (Fsp3) is 0.318. The lowest BCUT2D eigenvalue weighted by atomic mass is 10.1. The van der Waals surface area contributed by atoms with Gasteiger partial charge >= 0.3 is 0 Å². The molecule has 1 amide bonds. The standard InChI is InChI=1S/C22H24FN5O2/c1-15-9-16(17-11-24-27(2)12-17)10-20(25-15)21-13-28(7-8-30-21)14-22(29)26-19-5-3-18(23)4-6-19/h3-6,9-12,21H,7-8,13-14H2,1-2H3,(H,26,29)/t21-/m1/s1. The lowest BCUT2D eigenvalue weighted by Crippen LogP contribution is -2.42. The maximum atomic E-state index is 13.0. The predicted molar refractivity (Wildman–Crippen MR) is 111 cm³/mol. The summed E-state index contributed by atoms with van der Waals surface area (Å²) < 4.78 is 20.7. The molecule has 156 valence electrons. The minimum atomic E-state index is -0.333. The molecule has 1 fully saturated rings. The van der Waals surface area contributed by atoms with Crippen molar-refractivity contribution in [2.24, 2.45) is 7.05 Å². The molecule has 8 heteroatoms. The first kappa shape index (κ1) is 20.2. The van der Waals surface area contributed by atoms with Crippen molar-refractivity contribution in [2.75, 3.05) is 31.6 Å². The Morgan fingerprint density at radius 3 is 2.80 bits per heavy atom. The first-order valence-corrected chi connectivity index (χ1v) is 9.83. The van der Waals surface area contributed by atoms with Crippen molar-refractivity contribution >= 4 is 11.6 Å². The number of hydrogen-bond acceptors (Lipinski definition) is 5. The number of halogens is 1. The van der Waals surface area contributed by atoms with E-state index >= 15 is 0 Å². The highest BCUT2D eigenvalue weighted by molar-refractivity contribution is 5.92. The summed E-state index contributed by atoms with van der Waals surface area (Å²) in [6.07, 6.45) is 3.58. The number of ether oxygens (including phenoxy) is 1. The van der Waals surface area contributed by atoms with Gasteiger partial charge in [0.15, 0.2) is 0 Å². The first-order valence-electron chi connectivity index (χ1n) is 9.83. The number of carbonyl (C=O) groups is 1. The van der Waals surface area contributed by atoms with Gasteiger partial charge in [-0.25, -0.2) is 4.39 Å². The van der Waals surface area contributed by atoms with Crippen LogP contribution >= 0.6 is 0 Å². The van der Waals surface area contributed by atoms with Crippen LogP contribution in [0.25, 0.3) is 11.1 Å². The minimum Gasteiger partial charge on any atom is -0.369 e. The Hall–Kier alpha value is -3.10. The number of amides is 1. The van der Waals surface area contributed by atoms with E-state index in [2.05, 4.69) is 15.4 Å². The number of morpholine rings is 1. The Labute approximate surface area is 174 Å². The highest BCUT2D eigenvalue weighted by Gasteiger charge is 2.25. The fourth-order valence-corrected chi connectivity index (χ4v) is 3.56. The van der Waals surface area contributed by atoms with Crippen LogP contribution in [0.15, 0.2) is 48.8 Å². The number of anilines is 1. The van der Waals surface area contributed by atoms with Gasteiger partial charge in [-0.2, -0.15) is 5.10 Å². The van der Waals surface area contributed by atoms with E-state index in [0.717, 1.165) is 22.5 Å². The number of carbonyl (C=O) groups excluding carboxylic acids is 1. The number of hydrogen-bond donors (Lipinski definition) is 1. The zero-order valence-electron chi connectivity index (χ0n) is 17.0. The second-order valence-corrected chi connectivity index (χ2v) is 7.47. The Balaban J connectivity index is 1.43. The van der Waals surface area contributed by atoms with Crippen LogP contribution in [0.4, 0.5) is 10.1 Å². The van der Waals surface area contributed by atoms with Crippen LogP contribution in [0.2, 0.25) is 0 Å². The first-order chi connectivity index (χ1) is 14.5. The molecule has 1 atom stereocenters.